The van der Waals surface area contributed by atoms with Crippen LogP contribution in [0.4, 0.5) is 0 Å². The van der Waals surface area contributed by atoms with E-state index in [0.717, 1.165) is 4.31 Å². The van der Waals surface area contributed by atoms with Gasteiger partial charge in [0, 0.05) is 27.2 Å². The maximum absolute atomic E-state index is 12.3. The smallest absolute Gasteiger partial charge is 0.242 e. The van der Waals surface area contributed by atoms with Crippen LogP contribution in [0.5, 0.6) is 0 Å². The predicted octanol–water partition coefficient (Wildman–Crippen LogP) is -0.0367. The van der Waals surface area contributed by atoms with Crippen LogP contribution in [0.2, 0.25) is 0 Å². The van der Waals surface area contributed by atoms with Gasteiger partial charge >= 0.3 is 0 Å². The number of hydrogen-bond donors (Lipinski definition) is 2. The second-order valence-corrected chi connectivity index (χ2v) is 7.31. The monoisotopic (exact) mass is 363 g/mol. The normalized spacial score (nSPS) is 18.3. The molecule has 1 fully saturated rings. The minimum atomic E-state index is -3.54. The van der Waals surface area contributed by atoms with Crippen molar-refractivity contribution < 1.29 is 17.9 Å². The van der Waals surface area contributed by atoms with Crippen molar-refractivity contribution in [1.29, 1.82) is 0 Å². The lowest BCUT2D eigenvalue weighted by Crippen LogP contribution is -2.51. The summed E-state index contributed by atoms with van der Waals surface area (Å²) in [5.41, 5.74) is 0.557. The number of nitrogens with zero attached hydrogens (tertiary/aromatic N) is 1. The Labute approximate surface area is 142 Å². The van der Waals surface area contributed by atoms with E-state index in [1.807, 2.05) is 0 Å². The highest BCUT2D eigenvalue weighted by molar-refractivity contribution is 7.89. The van der Waals surface area contributed by atoms with Gasteiger partial charge in [-0.3, -0.25) is 4.79 Å². The number of hydrogen-bond acceptors (Lipinski definition) is 5. The lowest BCUT2D eigenvalue weighted by Gasteiger charge is -2.23. The van der Waals surface area contributed by atoms with Crippen molar-refractivity contribution in [2.45, 2.75) is 17.5 Å². The molecule has 0 radical (unpaired) electrons. The SMILES string of the molecule is CN(C)S(=O)(=O)c1ccccc1CNC(=O)C1COCCN1.Cl. The van der Waals surface area contributed by atoms with Gasteiger partial charge in [0.1, 0.15) is 6.04 Å². The Bertz CT molecular complexity index is 631. The van der Waals surface area contributed by atoms with Gasteiger partial charge < -0.3 is 15.4 Å². The van der Waals surface area contributed by atoms with Gasteiger partial charge in [0.05, 0.1) is 18.1 Å². The molecule has 0 spiro atoms. The summed E-state index contributed by atoms with van der Waals surface area (Å²) in [7, 11) is -0.578. The number of benzene rings is 1. The van der Waals surface area contributed by atoms with Crippen molar-refractivity contribution in [3.05, 3.63) is 29.8 Å². The number of morpholine rings is 1. The fourth-order valence-corrected chi connectivity index (χ4v) is 3.25. The molecule has 130 valence electrons. The topological polar surface area (TPSA) is 87.7 Å². The summed E-state index contributed by atoms with van der Waals surface area (Å²) in [6, 6.07) is 6.25. The molecule has 1 aliphatic heterocycles. The van der Waals surface area contributed by atoms with E-state index < -0.39 is 16.1 Å². The van der Waals surface area contributed by atoms with Crippen molar-refractivity contribution in [3.63, 3.8) is 0 Å². The van der Waals surface area contributed by atoms with Crippen LogP contribution in [0.1, 0.15) is 5.56 Å². The van der Waals surface area contributed by atoms with Gasteiger partial charge in [-0.15, -0.1) is 12.4 Å². The Balaban J connectivity index is 0.00000264. The van der Waals surface area contributed by atoms with Crippen LogP contribution >= 0.6 is 12.4 Å². The largest absolute Gasteiger partial charge is 0.378 e. The molecule has 0 bridgehead atoms. The predicted molar refractivity (Wildman–Crippen MR) is 89.0 cm³/mol. The molecule has 1 saturated heterocycles. The molecule has 0 aliphatic carbocycles. The zero-order chi connectivity index (χ0) is 16.2. The Morgan fingerprint density at radius 3 is 2.70 bits per heavy atom. The molecule has 0 saturated carbocycles. The quantitative estimate of drug-likeness (QED) is 0.766. The number of amides is 1. The van der Waals surface area contributed by atoms with Gasteiger partial charge in [-0.2, -0.15) is 0 Å². The highest BCUT2D eigenvalue weighted by Gasteiger charge is 2.23. The van der Waals surface area contributed by atoms with Gasteiger partial charge in [-0.1, -0.05) is 18.2 Å². The second-order valence-electron chi connectivity index (χ2n) is 5.19. The van der Waals surface area contributed by atoms with E-state index in [1.165, 1.54) is 14.1 Å². The van der Waals surface area contributed by atoms with Crippen LogP contribution in [-0.4, -0.2) is 58.5 Å². The van der Waals surface area contributed by atoms with Crippen molar-refractivity contribution in [3.8, 4) is 0 Å². The Morgan fingerprint density at radius 1 is 1.39 bits per heavy atom. The van der Waals surface area contributed by atoms with E-state index in [0.29, 0.717) is 25.3 Å². The maximum atomic E-state index is 12.3. The van der Waals surface area contributed by atoms with Gasteiger partial charge in [-0.05, 0) is 11.6 Å². The number of sulfonamides is 1. The summed E-state index contributed by atoms with van der Waals surface area (Å²) >= 11 is 0. The molecule has 1 aromatic carbocycles. The van der Waals surface area contributed by atoms with Crippen LogP contribution in [-0.2, 0) is 26.1 Å². The Kier molecular flexibility index (Phi) is 7.43. The molecule has 7 nitrogen and oxygen atoms in total. The third-order valence-electron chi connectivity index (χ3n) is 3.42. The molecule has 23 heavy (non-hydrogen) atoms. The first-order valence-corrected chi connectivity index (χ1v) is 8.46. The molecule has 1 aliphatic rings. The summed E-state index contributed by atoms with van der Waals surface area (Å²) in [6.07, 6.45) is 0. The van der Waals surface area contributed by atoms with Crippen LogP contribution in [0.25, 0.3) is 0 Å². The zero-order valence-corrected chi connectivity index (χ0v) is 14.7. The minimum Gasteiger partial charge on any atom is -0.378 e. The van der Waals surface area contributed by atoms with Crippen LogP contribution in [0.15, 0.2) is 29.2 Å². The van der Waals surface area contributed by atoms with E-state index in [4.69, 9.17) is 4.74 Å². The fourth-order valence-electron chi connectivity index (χ4n) is 2.14. The summed E-state index contributed by atoms with van der Waals surface area (Å²) < 4.78 is 31.0. The standard InChI is InChI=1S/C14H21N3O4S.ClH/c1-17(2)22(19,20)13-6-4-3-5-11(13)9-16-14(18)12-10-21-8-7-15-12;/h3-6,12,15H,7-10H2,1-2H3,(H,16,18);1H. The van der Waals surface area contributed by atoms with Gasteiger partial charge in [0.15, 0.2) is 0 Å². The lowest BCUT2D eigenvalue weighted by molar-refractivity contribution is -0.126. The highest BCUT2D eigenvalue weighted by Crippen LogP contribution is 2.18. The summed E-state index contributed by atoms with van der Waals surface area (Å²) in [5, 5.41) is 5.81. The third kappa shape index (κ3) is 4.89. The van der Waals surface area contributed by atoms with Crippen LogP contribution < -0.4 is 10.6 Å². The molecule has 1 unspecified atom stereocenters. The molecule has 1 amide bonds. The Morgan fingerprint density at radius 2 is 2.09 bits per heavy atom. The minimum absolute atomic E-state index is 0. The maximum Gasteiger partial charge on any atom is 0.242 e. The summed E-state index contributed by atoms with van der Waals surface area (Å²) in [6.45, 7) is 1.70. The number of carbonyl (C=O) groups excluding carboxylic acids is 1. The van der Waals surface area contributed by atoms with E-state index in [1.54, 1.807) is 24.3 Å². The molecule has 1 atom stereocenters. The average molecular weight is 364 g/mol. The number of halogens is 1. The lowest BCUT2D eigenvalue weighted by atomic mass is 10.2. The van der Waals surface area contributed by atoms with Crippen molar-refractivity contribution >= 4 is 28.3 Å². The number of rotatable bonds is 5. The average Bonchev–Trinajstić information content (AvgIpc) is 2.53. The van der Waals surface area contributed by atoms with Gasteiger partial charge in [-0.25, -0.2) is 12.7 Å². The summed E-state index contributed by atoms with van der Waals surface area (Å²) in [5.74, 6) is -0.197. The molecule has 1 aromatic rings. The van der Waals surface area contributed by atoms with Crippen molar-refractivity contribution in [1.82, 2.24) is 14.9 Å². The first kappa shape index (κ1) is 19.9. The van der Waals surface area contributed by atoms with Gasteiger partial charge in [0.25, 0.3) is 0 Å². The number of carbonyl (C=O) groups is 1. The number of nitrogens with one attached hydrogen (secondary N) is 2. The zero-order valence-electron chi connectivity index (χ0n) is 13.1. The van der Waals surface area contributed by atoms with E-state index in [2.05, 4.69) is 10.6 Å². The molecule has 9 heteroatoms. The summed E-state index contributed by atoms with van der Waals surface area (Å²) in [4.78, 5) is 12.3. The first-order chi connectivity index (χ1) is 10.4. The highest BCUT2D eigenvalue weighted by atomic mass is 35.5. The number of ether oxygens (including phenoxy) is 1. The molecular formula is C14H22ClN3O4S. The van der Waals surface area contributed by atoms with E-state index in [9.17, 15) is 13.2 Å². The fraction of sp³-hybridized carbons (Fsp3) is 0.500. The Hall–Kier alpha value is -1.19. The van der Waals surface area contributed by atoms with E-state index >= 15 is 0 Å². The van der Waals surface area contributed by atoms with Crippen LogP contribution in [0.3, 0.4) is 0 Å². The molecule has 0 aromatic heterocycles. The molecular weight excluding hydrogens is 342 g/mol. The van der Waals surface area contributed by atoms with Gasteiger partial charge in [0.2, 0.25) is 15.9 Å². The molecule has 1 heterocycles. The van der Waals surface area contributed by atoms with Crippen LogP contribution in [0, 0.1) is 0 Å². The third-order valence-corrected chi connectivity index (χ3v) is 5.34. The van der Waals surface area contributed by atoms with Crippen molar-refractivity contribution in [2.24, 2.45) is 0 Å². The van der Waals surface area contributed by atoms with Crippen molar-refractivity contribution in [2.75, 3.05) is 33.9 Å². The van der Waals surface area contributed by atoms with E-state index in [-0.39, 0.29) is 29.8 Å². The second kappa shape index (κ2) is 8.60. The molecule has 2 rings (SSSR count). The first-order valence-electron chi connectivity index (χ1n) is 7.02. The molecule has 2 N–H and O–H groups in total.